The van der Waals surface area contributed by atoms with Crippen LogP contribution in [0, 0.1) is 0 Å². The lowest BCUT2D eigenvalue weighted by Gasteiger charge is -2.22. The van der Waals surface area contributed by atoms with Crippen molar-refractivity contribution in [1.82, 2.24) is 14.7 Å². The van der Waals surface area contributed by atoms with Crippen LogP contribution in [-0.2, 0) is 9.59 Å². The number of amides is 2. The molecule has 37 heavy (non-hydrogen) atoms. The molecule has 0 aliphatic rings. The molecule has 0 fully saturated rings. The first kappa shape index (κ1) is 25.5. The topological polar surface area (TPSA) is 85.7 Å². The van der Waals surface area contributed by atoms with Crippen LogP contribution in [0.15, 0.2) is 91.0 Å². The fourth-order valence-corrected chi connectivity index (χ4v) is 3.81. The second kappa shape index (κ2) is 12.4. The van der Waals surface area contributed by atoms with Crippen molar-refractivity contribution in [2.45, 2.75) is 13.3 Å². The third kappa shape index (κ3) is 6.76. The molecule has 0 saturated carbocycles. The van der Waals surface area contributed by atoms with Gasteiger partial charge < -0.3 is 19.7 Å². The predicted octanol–water partition coefficient (Wildman–Crippen LogP) is 4.80. The number of methoxy groups -OCH3 is 1. The molecule has 1 N–H and O–H groups in total. The smallest absolute Gasteiger partial charge is 0.260 e. The van der Waals surface area contributed by atoms with Crippen LogP contribution in [0.4, 0.5) is 5.82 Å². The van der Waals surface area contributed by atoms with Crippen LogP contribution in [0.3, 0.4) is 0 Å². The molecule has 4 rings (SSSR count). The molecular formula is C29H30N4O4. The molecule has 0 radical (unpaired) electrons. The molecule has 4 aromatic rings. The van der Waals surface area contributed by atoms with E-state index >= 15 is 0 Å². The zero-order valence-corrected chi connectivity index (χ0v) is 21.0. The van der Waals surface area contributed by atoms with Gasteiger partial charge in [0.25, 0.3) is 5.91 Å². The van der Waals surface area contributed by atoms with E-state index in [2.05, 4.69) is 5.32 Å². The number of nitrogens with zero attached hydrogens (tertiary/aromatic N) is 3. The van der Waals surface area contributed by atoms with Crippen molar-refractivity contribution in [1.29, 1.82) is 0 Å². The molecule has 0 spiro atoms. The number of carbonyl (C=O) groups excluding carboxylic acids is 2. The van der Waals surface area contributed by atoms with Crippen LogP contribution < -0.4 is 14.8 Å². The summed E-state index contributed by atoms with van der Waals surface area (Å²) in [7, 11) is 1.61. The minimum atomic E-state index is -0.323. The third-order valence-electron chi connectivity index (χ3n) is 5.65. The number of hydrogen-bond acceptors (Lipinski definition) is 5. The number of para-hydroxylation sites is 1. The number of hydrogen-bond donors (Lipinski definition) is 1. The quantitative estimate of drug-likeness (QED) is 0.321. The minimum absolute atomic E-state index is 0.0979. The van der Waals surface area contributed by atoms with Crippen molar-refractivity contribution >= 4 is 17.6 Å². The summed E-state index contributed by atoms with van der Waals surface area (Å²) in [5.41, 5.74) is 2.40. The van der Waals surface area contributed by atoms with E-state index in [1.165, 1.54) is 4.90 Å². The van der Waals surface area contributed by atoms with Crippen LogP contribution in [-0.4, -0.2) is 53.3 Å². The van der Waals surface area contributed by atoms with Crippen molar-refractivity contribution in [2.24, 2.45) is 0 Å². The number of anilines is 1. The summed E-state index contributed by atoms with van der Waals surface area (Å²) in [6.07, 6.45) is 0.715. The van der Waals surface area contributed by atoms with Gasteiger partial charge in [-0.05, 0) is 42.8 Å². The fraction of sp³-hybridized carbons (Fsp3) is 0.207. The van der Waals surface area contributed by atoms with E-state index in [0.29, 0.717) is 30.2 Å². The van der Waals surface area contributed by atoms with Gasteiger partial charge in [0.2, 0.25) is 5.91 Å². The summed E-state index contributed by atoms with van der Waals surface area (Å²) in [6.45, 7) is 2.16. The van der Waals surface area contributed by atoms with Gasteiger partial charge in [0.05, 0.1) is 18.5 Å². The van der Waals surface area contributed by atoms with E-state index in [0.717, 1.165) is 17.0 Å². The number of ether oxygens (including phenoxy) is 2. The Balaban J connectivity index is 1.51. The van der Waals surface area contributed by atoms with Gasteiger partial charge >= 0.3 is 0 Å². The average Bonchev–Trinajstić information content (AvgIpc) is 3.36. The predicted molar refractivity (Wildman–Crippen MR) is 143 cm³/mol. The van der Waals surface area contributed by atoms with Crippen molar-refractivity contribution in [3.05, 3.63) is 91.0 Å². The Morgan fingerprint density at radius 1 is 0.919 bits per heavy atom. The fourth-order valence-electron chi connectivity index (χ4n) is 3.81. The molecule has 1 heterocycles. The maximum absolute atomic E-state index is 13.1. The van der Waals surface area contributed by atoms with Crippen molar-refractivity contribution in [3.63, 3.8) is 0 Å². The monoisotopic (exact) mass is 498 g/mol. The first-order valence-corrected chi connectivity index (χ1v) is 12.1. The Morgan fingerprint density at radius 2 is 1.59 bits per heavy atom. The van der Waals surface area contributed by atoms with E-state index in [1.807, 2.05) is 85.8 Å². The van der Waals surface area contributed by atoms with Gasteiger partial charge in [0, 0.05) is 18.2 Å². The highest BCUT2D eigenvalue weighted by atomic mass is 16.5. The van der Waals surface area contributed by atoms with Gasteiger partial charge in [0.15, 0.2) is 6.61 Å². The van der Waals surface area contributed by atoms with Crippen LogP contribution in [0.5, 0.6) is 11.5 Å². The highest BCUT2D eigenvalue weighted by Crippen LogP contribution is 2.26. The lowest BCUT2D eigenvalue weighted by Crippen LogP contribution is -2.41. The molecule has 8 nitrogen and oxygen atoms in total. The van der Waals surface area contributed by atoms with Crippen LogP contribution in [0.2, 0.25) is 0 Å². The largest absolute Gasteiger partial charge is 0.497 e. The van der Waals surface area contributed by atoms with Gasteiger partial charge in [0.1, 0.15) is 23.9 Å². The Bertz CT molecular complexity index is 1310. The Hall–Kier alpha value is -4.59. The van der Waals surface area contributed by atoms with Crippen LogP contribution in [0.1, 0.15) is 13.3 Å². The maximum atomic E-state index is 13.1. The summed E-state index contributed by atoms with van der Waals surface area (Å²) in [5.74, 6) is 1.24. The zero-order chi connectivity index (χ0) is 26.0. The van der Waals surface area contributed by atoms with Crippen molar-refractivity contribution < 1.29 is 19.1 Å². The molecule has 0 aliphatic carbocycles. The molecule has 0 bridgehead atoms. The summed E-state index contributed by atoms with van der Waals surface area (Å²) in [4.78, 5) is 27.4. The molecule has 3 aromatic carbocycles. The summed E-state index contributed by atoms with van der Waals surface area (Å²) < 4.78 is 12.5. The van der Waals surface area contributed by atoms with E-state index < -0.39 is 0 Å². The maximum Gasteiger partial charge on any atom is 0.260 e. The highest BCUT2D eigenvalue weighted by Gasteiger charge is 2.19. The summed E-state index contributed by atoms with van der Waals surface area (Å²) in [5, 5.41) is 7.67. The highest BCUT2D eigenvalue weighted by molar-refractivity contribution is 5.94. The lowest BCUT2D eigenvalue weighted by atomic mass is 10.1. The van der Waals surface area contributed by atoms with Crippen molar-refractivity contribution in [3.8, 4) is 28.4 Å². The van der Waals surface area contributed by atoms with E-state index in [9.17, 15) is 9.59 Å². The Labute approximate surface area is 216 Å². The van der Waals surface area contributed by atoms with Gasteiger partial charge in [-0.3, -0.25) is 9.59 Å². The van der Waals surface area contributed by atoms with Crippen LogP contribution >= 0.6 is 0 Å². The average molecular weight is 499 g/mol. The first-order chi connectivity index (χ1) is 18.1. The molecule has 1 aromatic heterocycles. The second-order valence-corrected chi connectivity index (χ2v) is 8.36. The second-order valence-electron chi connectivity index (χ2n) is 8.36. The number of aromatic nitrogens is 2. The van der Waals surface area contributed by atoms with Crippen LogP contribution in [0.25, 0.3) is 16.9 Å². The number of nitrogens with one attached hydrogen (secondary N) is 1. The molecule has 190 valence electrons. The van der Waals surface area contributed by atoms with Gasteiger partial charge in [-0.25, -0.2) is 4.68 Å². The minimum Gasteiger partial charge on any atom is -0.497 e. The normalized spacial score (nSPS) is 10.5. The Morgan fingerprint density at radius 3 is 2.24 bits per heavy atom. The lowest BCUT2D eigenvalue weighted by molar-refractivity contribution is -0.136. The molecule has 8 heteroatoms. The number of rotatable bonds is 11. The van der Waals surface area contributed by atoms with Crippen molar-refractivity contribution in [2.75, 3.05) is 32.1 Å². The SMILES string of the molecule is CCCN(CC(=O)Nc1cc(-c2ccccc2)nn1-c1ccc(OC)cc1)C(=O)COc1ccccc1. The summed E-state index contributed by atoms with van der Waals surface area (Å²) >= 11 is 0. The first-order valence-electron chi connectivity index (χ1n) is 12.1. The molecule has 2 amide bonds. The molecule has 0 saturated heterocycles. The third-order valence-corrected chi connectivity index (χ3v) is 5.65. The molecule has 0 aliphatic heterocycles. The van der Waals surface area contributed by atoms with E-state index in [4.69, 9.17) is 14.6 Å². The number of carbonyl (C=O) groups is 2. The van der Waals surface area contributed by atoms with E-state index in [1.54, 1.807) is 23.9 Å². The number of benzene rings is 3. The van der Waals surface area contributed by atoms with Gasteiger partial charge in [-0.2, -0.15) is 5.10 Å². The summed E-state index contributed by atoms with van der Waals surface area (Å²) in [6, 6.07) is 28.1. The molecule has 0 unspecified atom stereocenters. The van der Waals surface area contributed by atoms with E-state index in [-0.39, 0.29) is 25.0 Å². The zero-order valence-electron chi connectivity index (χ0n) is 21.0. The standard InChI is InChI=1S/C29H30N4O4/c1-3-18-32(29(35)21-37-25-12-8-5-9-13-25)20-28(34)30-27-19-26(22-10-6-4-7-11-22)31-33(27)23-14-16-24(36-2)17-15-23/h4-17,19H,3,18,20-21H2,1-2H3,(H,30,34). The molecular weight excluding hydrogens is 468 g/mol. The van der Waals surface area contributed by atoms with Gasteiger partial charge in [-0.1, -0.05) is 55.5 Å². The Kier molecular flexibility index (Phi) is 8.54. The van der Waals surface area contributed by atoms with Gasteiger partial charge in [-0.15, -0.1) is 0 Å². The molecule has 0 atom stereocenters.